The van der Waals surface area contributed by atoms with Gasteiger partial charge in [-0.15, -0.1) is 0 Å². The number of rotatable bonds is 5. The van der Waals surface area contributed by atoms with Gasteiger partial charge < -0.3 is 0 Å². The maximum Gasteiger partial charge on any atom is 0.142 e. The van der Waals surface area contributed by atoms with E-state index >= 15 is 0 Å². The van der Waals surface area contributed by atoms with Crippen LogP contribution in [0.15, 0.2) is 24.3 Å². The van der Waals surface area contributed by atoms with Crippen LogP contribution in [0.4, 0.5) is 4.39 Å². The Morgan fingerprint density at radius 3 is 2.50 bits per heavy atom. The molecule has 0 aliphatic rings. The SMILES string of the molecule is CCCc1cccc(C(CC)C(F)(P)P)c1. The van der Waals surface area contributed by atoms with Crippen molar-refractivity contribution in [3.05, 3.63) is 35.4 Å². The number of halogens is 1. The lowest BCUT2D eigenvalue weighted by Crippen LogP contribution is -2.16. The van der Waals surface area contributed by atoms with Gasteiger partial charge in [-0.1, -0.05) is 63.0 Å². The summed E-state index contributed by atoms with van der Waals surface area (Å²) in [4.78, 5) is 0. The lowest BCUT2D eigenvalue weighted by molar-refractivity contribution is 0.342. The summed E-state index contributed by atoms with van der Waals surface area (Å²) in [6.45, 7) is 4.19. The van der Waals surface area contributed by atoms with Crippen LogP contribution in [0.1, 0.15) is 43.7 Å². The maximum absolute atomic E-state index is 14.0. The zero-order valence-electron chi connectivity index (χ0n) is 10.0. The predicted molar refractivity (Wildman–Crippen MR) is 76.7 cm³/mol. The summed E-state index contributed by atoms with van der Waals surface area (Å²) in [5.74, 6) is -0.0701. The van der Waals surface area contributed by atoms with Crippen molar-refractivity contribution in [3.63, 3.8) is 0 Å². The number of benzene rings is 1. The molecule has 0 saturated heterocycles. The fourth-order valence-corrected chi connectivity index (χ4v) is 2.91. The topological polar surface area (TPSA) is 0 Å². The second-order valence-corrected chi connectivity index (χ2v) is 6.72. The normalized spacial score (nSPS) is 13.8. The minimum atomic E-state index is -1.31. The lowest BCUT2D eigenvalue weighted by Gasteiger charge is -2.26. The fraction of sp³-hybridized carbons (Fsp3) is 0.538. The van der Waals surface area contributed by atoms with Crippen LogP contribution in [0.5, 0.6) is 0 Å². The summed E-state index contributed by atoms with van der Waals surface area (Å²) in [6.07, 6.45) is 3.00. The molecule has 0 amide bonds. The highest BCUT2D eigenvalue weighted by Crippen LogP contribution is 2.44. The van der Waals surface area contributed by atoms with E-state index in [2.05, 4.69) is 37.5 Å². The molecule has 0 bridgehead atoms. The van der Waals surface area contributed by atoms with Crippen molar-refractivity contribution >= 4 is 18.5 Å². The van der Waals surface area contributed by atoms with E-state index in [4.69, 9.17) is 0 Å². The summed E-state index contributed by atoms with van der Waals surface area (Å²) in [5, 5.41) is -1.31. The van der Waals surface area contributed by atoms with Gasteiger partial charge in [0.05, 0.1) is 0 Å². The zero-order valence-corrected chi connectivity index (χ0v) is 12.4. The molecule has 0 N–H and O–H groups in total. The standard InChI is InChI=1S/C13H21FP2/c1-3-6-10-7-5-8-11(9-10)12(4-2)13(14,15)16/h5,7-9,12H,3-4,6,15-16H2,1-2H3. The van der Waals surface area contributed by atoms with Crippen molar-refractivity contribution in [1.29, 1.82) is 0 Å². The van der Waals surface area contributed by atoms with Crippen LogP contribution < -0.4 is 0 Å². The Bertz CT molecular complexity index is 331. The van der Waals surface area contributed by atoms with Crippen LogP contribution >= 0.6 is 18.5 Å². The lowest BCUT2D eigenvalue weighted by atomic mass is 9.94. The highest BCUT2D eigenvalue weighted by molar-refractivity contribution is 7.39. The Morgan fingerprint density at radius 2 is 2.00 bits per heavy atom. The molecule has 1 aromatic carbocycles. The Kier molecular flexibility index (Phi) is 5.35. The molecule has 16 heavy (non-hydrogen) atoms. The Labute approximate surface area is 103 Å². The Hall–Kier alpha value is 0.0100. The number of hydrogen-bond donors (Lipinski definition) is 0. The van der Waals surface area contributed by atoms with Crippen LogP contribution in [-0.4, -0.2) is 5.15 Å². The minimum absolute atomic E-state index is 0.0701. The van der Waals surface area contributed by atoms with Gasteiger partial charge in [-0.05, 0) is 24.0 Å². The van der Waals surface area contributed by atoms with E-state index in [-0.39, 0.29) is 5.92 Å². The second kappa shape index (κ2) is 6.08. The molecule has 0 radical (unpaired) electrons. The molecule has 90 valence electrons. The predicted octanol–water partition coefficient (Wildman–Crippen LogP) is 4.51. The molecule has 0 nitrogen and oxygen atoms in total. The van der Waals surface area contributed by atoms with E-state index in [1.807, 2.05) is 19.1 Å². The first-order valence-corrected chi connectivity index (χ1v) is 7.00. The average molecular weight is 258 g/mol. The van der Waals surface area contributed by atoms with E-state index in [9.17, 15) is 4.39 Å². The van der Waals surface area contributed by atoms with Crippen LogP contribution in [0.3, 0.4) is 0 Å². The number of aryl methyl sites for hydroxylation is 1. The van der Waals surface area contributed by atoms with Crippen molar-refractivity contribution in [1.82, 2.24) is 0 Å². The van der Waals surface area contributed by atoms with E-state index < -0.39 is 5.15 Å². The highest BCUT2D eigenvalue weighted by atomic mass is 31.1. The molecule has 0 heterocycles. The van der Waals surface area contributed by atoms with E-state index in [0.717, 1.165) is 24.8 Å². The van der Waals surface area contributed by atoms with E-state index in [0.29, 0.717) is 0 Å². The van der Waals surface area contributed by atoms with Crippen molar-refractivity contribution in [3.8, 4) is 0 Å². The third-order valence-electron chi connectivity index (χ3n) is 2.83. The molecule has 0 fully saturated rings. The van der Waals surface area contributed by atoms with Gasteiger partial charge in [0.1, 0.15) is 5.15 Å². The molecule has 0 aromatic heterocycles. The molecule has 1 aromatic rings. The maximum atomic E-state index is 14.0. The summed E-state index contributed by atoms with van der Waals surface area (Å²) in [7, 11) is 4.58. The quantitative estimate of drug-likeness (QED) is 0.682. The zero-order chi connectivity index (χ0) is 12.2. The number of hydrogen-bond acceptors (Lipinski definition) is 0. The summed E-state index contributed by atoms with van der Waals surface area (Å²) in [6, 6.07) is 8.31. The monoisotopic (exact) mass is 258 g/mol. The molecule has 0 saturated carbocycles. The molecule has 3 atom stereocenters. The first-order valence-electron chi connectivity index (χ1n) is 5.84. The largest absolute Gasteiger partial charge is 0.235 e. The average Bonchev–Trinajstić information content (AvgIpc) is 2.17. The second-order valence-electron chi connectivity index (χ2n) is 4.28. The van der Waals surface area contributed by atoms with Crippen LogP contribution in [0.25, 0.3) is 0 Å². The fourth-order valence-electron chi connectivity index (χ4n) is 2.06. The third-order valence-corrected chi connectivity index (χ3v) is 3.64. The van der Waals surface area contributed by atoms with Crippen LogP contribution in [0.2, 0.25) is 0 Å². The number of alkyl halides is 1. The van der Waals surface area contributed by atoms with Crippen LogP contribution in [-0.2, 0) is 6.42 Å². The first kappa shape index (κ1) is 14.1. The van der Waals surface area contributed by atoms with Crippen LogP contribution in [0, 0.1) is 0 Å². The first-order chi connectivity index (χ1) is 7.49. The molecule has 0 aliphatic heterocycles. The molecule has 0 aliphatic carbocycles. The van der Waals surface area contributed by atoms with Gasteiger partial charge in [0.25, 0.3) is 0 Å². The molecular weight excluding hydrogens is 237 g/mol. The van der Waals surface area contributed by atoms with Gasteiger partial charge in [-0.25, -0.2) is 4.39 Å². The van der Waals surface area contributed by atoms with Gasteiger partial charge in [-0.3, -0.25) is 0 Å². The molecule has 0 spiro atoms. The van der Waals surface area contributed by atoms with Gasteiger partial charge in [0.15, 0.2) is 0 Å². The van der Waals surface area contributed by atoms with E-state index in [1.165, 1.54) is 5.56 Å². The van der Waals surface area contributed by atoms with Gasteiger partial charge >= 0.3 is 0 Å². The Balaban J connectivity index is 2.97. The molecule has 1 rings (SSSR count). The van der Waals surface area contributed by atoms with Crippen molar-refractivity contribution in [2.24, 2.45) is 0 Å². The Morgan fingerprint density at radius 1 is 1.31 bits per heavy atom. The molecular formula is C13H21FP2. The molecule has 3 heteroatoms. The van der Waals surface area contributed by atoms with Crippen molar-refractivity contribution in [2.45, 2.75) is 44.2 Å². The smallest absolute Gasteiger partial charge is 0.142 e. The minimum Gasteiger partial charge on any atom is -0.235 e. The van der Waals surface area contributed by atoms with E-state index in [1.54, 1.807) is 0 Å². The molecule has 3 unspecified atom stereocenters. The van der Waals surface area contributed by atoms with Gasteiger partial charge in [0, 0.05) is 5.92 Å². The van der Waals surface area contributed by atoms with Gasteiger partial charge in [-0.2, -0.15) is 0 Å². The summed E-state index contributed by atoms with van der Waals surface area (Å²) >= 11 is 0. The summed E-state index contributed by atoms with van der Waals surface area (Å²) < 4.78 is 14.0. The van der Waals surface area contributed by atoms with Crippen molar-refractivity contribution < 1.29 is 4.39 Å². The highest BCUT2D eigenvalue weighted by Gasteiger charge is 2.29. The third kappa shape index (κ3) is 3.79. The van der Waals surface area contributed by atoms with Crippen molar-refractivity contribution in [2.75, 3.05) is 0 Å². The van der Waals surface area contributed by atoms with Gasteiger partial charge in [0.2, 0.25) is 0 Å². The summed E-state index contributed by atoms with van der Waals surface area (Å²) in [5.41, 5.74) is 2.40.